The summed E-state index contributed by atoms with van der Waals surface area (Å²) in [5, 5.41) is 13.0. The zero-order valence-corrected chi connectivity index (χ0v) is 15.2. The Kier molecular flexibility index (Phi) is 6.01. The number of hydrogen-bond acceptors (Lipinski definition) is 4. The van der Waals surface area contributed by atoms with Crippen molar-refractivity contribution in [3.05, 3.63) is 42.7 Å². The minimum atomic E-state index is -0.187. The van der Waals surface area contributed by atoms with E-state index in [0.29, 0.717) is 18.3 Å². The van der Waals surface area contributed by atoms with Crippen LogP contribution in [-0.4, -0.2) is 52.3 Å². The maximum absolute atomic E-state index is 12.2. The first-order valence-electron chi connectivity index (χ1n) is 9.07. The molecular formula is C19H26N6O. The van der Waals surface area contributed by atoms with Crippen molar-refractivity contribution in [2.45, 2.75) is 19.8 Å². The van der Waals surface area contributed by atoms with Gasteiger partial charge >= 0.3 is 6.03 Å². The number of nitrogens with zero attached hydrogens (tertiary/aromatic N) is 3. The van der Waals surface area contributed by atoms with Crippen LogP contribution in [0.4, 0.5) is 10.5 Å². The molecule has 1 aliphatic heterocycles. The molecule has 1 saturated heterocycles. The maximum atomic E-state index is 12.2. The van der Waals surface area contributed by atoms with E-state index in [4.69, 9.17) is 0 Å². The molecule has 3 rings (SSSR count). The zero-order chi connectivity index (χ0) is 18.4. The molecule has 0 bridgehead atoms. The summed E-state index contributed by atoms with van der Waals surface area (Å²) >= 11 is 0. The Balaban J connectivity index is 1.51. The molecule has 7 nitrogen and oxygen atoms in total. The summed E-state index contributed by atoms with van der Waals surface area (Å²) < 4.78 is 0. The highest BCUT2D eigenvalue weighted by molar-refractivity contribution is 5.89. The van der Waals surface area contributed by atoms with Crippen LogP contribution in [0.1, 0.15) is 19.2 Å². The second kappa shape index (κ2) is 8.62. The number of nitrogens with one attached hydrogen (secondary N) is 3. The monoisotopic (exact) mass is 354 g/mol. The molecule has 1 aliphatic rings. The molecule has 1 unspecified atom stereocenters. The van der Waals surface area contributed by atoms with Gasteiger partial charge in [0.1, 0.15) is 5.82 Å². The standard InChI is InChI=1S/C19H26N6O/c1-3-9-25-10-8-14(13-25)12-20-19(26)21-16-7-5-6-15(11-16)18-22-17(4-2)23-24-18/h3,5-7,11,14H,1,4,8-10,12-13H2,2H3,(H2,20,21,26)(H,22,23,24). The summed E-state index contributed by atoms with van der Waals surface area (Å²) in [4.78, 5) is 19.0. The topological polar surface area (TPSA) is 85.9 Å². The van der Waals surface area contributed by atoms with E-state index in [1.165, 1.54) is 0 Å². The smallest absolute Gasteiger partial charge is 0.319 e. The number of aryl methyl sites for hydroxylation is 1. The van der Waals surface area contributed by atoms with Crippen molar-refractivity contribution in [3.63, 3.8) is 0 Å². The van der Waals surface area contributed by atoms with Crippen LogP contribution in [0.2, 0.25) is 0 Å². The van der Waals surface area contributed by atoms with E-state index in [9.17, 15) is 4.79 Å². The van der Waals surface area contributed by atoms with Gasteiger partial charge in [0.2, 0.25) is 0 Å². The van der Waals surface area contributed by atoms with Crippen molar-refractivity contribution in [3.8, 4) is 11.4 Å². The Morgan fingerprint density at radius 2 is 2.38 bits per heavy atom. The van der Waals surface area contributed by atoms with Crippen LogP contribution in [0.3, 0.4) is 0 Å². The van der Waals surface area contributed by atoms with Gasteiger partial charge in [-0.05, 0) is 31.0 Å². The van der Waals surface area contributed by atoms with Gasteiger partial charge in [-0.1, -0.05) is 25.1 Å². The summed E-state index contributed by atoms with van der Waals surface area (Å²) in [7, 11) is 0. The molecule has 0 radical (unpaired) electrons. The first kappa shape index (κ1) is 18.1. The molecule has 2 amide bonds. The molecule has 1 fully saturated rings. The fourth-order valence-electron chi connectivity index (χ4n) is 3.16. The Morgan fingerprint density at radius 1 is 1.50 bits per heavy atom. The fraction of sp³-hybridized carbons (Fsp3) is 0.421. The summed E-state index contributed by atoms with van der Waals surface area (Å²) in [6.45, 7) is 9.46. The zero-order valence-electron chi connectivity index (χ0n) is 15.2. The number of benzene rings is 1. The molecule has 1 aromatic carbocycles. The summed E-state index contributed by atoms with van der Waals surface area (Å²) in [5.41, 5.74) is 1.59. The third kappa shape index (κ3) is 4.70. The van der Waals surface area contributed by atoms with Gasteiger partial charge in [0, 0.05) is 37.3 Å². The number of carbonyl (C=O) groups excluding carboxylic acids is 1. The van der Waals surface area contributed by atoms with Crippen molar-refractivity contribution in [1.29, 1.82) is 0 Å². The van der Waals surface area contributed by atoms with E-state index < -0.39 is 0 Å². The first-order chi connectivity index (χ1) is 12.7. The summed E-state index contributed by atoms with van der Waals surface area (Å²) in [5.74, 6) is 1.98. The third-order valence-corrected chi connectivity index (χ3v) is 4.55. The van der Waals surface area contributed by atoms with E-state index in [-0.39, 0.29) is 6.03 Å². The predicted octanol–water partition coefficient (Wildman–Crippen LogP) is 2.66. The minimum Gasteiger partial charge on any atom is -0.338 e. The highest BCUT2D eigenvalue weighted by Gasteiger charge is 2.21. The van der Waals surface area contributed by atoms with Crippen LogP contribution in [0.15, 0.2) is 36.9 Å². The van der Waals surface area contributed by atoms with Crippen molar-refractivity contribution >= 4 is 11.7 Å². The lowest BCUT2D eigenvalue weighted by molar-refractivity contribution is 0.250. The van der Waals surface area contributed by atoms with Gasteiger partial charge in [-0.3, -0.25) is 10.00 Å². The molecule has 7 heteroatoms. The van der Waals surface area contributed by atoms with Crippen molar-refractivity contribution < 1.29 is 4.79 Å². The molecule has 1 aromatic heterocycles. The Hall–Kier alpha value is -2.67. The second-order valence-electron chi connectivity index (χ2n) is 6.58. The predicted molar refractivity (Wildman–Crippen MR) is 103 cm³/mol. The van der Waals surface area contributed by atoms with Crippen LogP contribution >= 0.6 is 0 Å². The fourth-order valence-corrected chi connectivity index (χ4v) is 3.16. The molecule has 3 N–H and O–H groups in total. The lowest BCUT2D eigenvalue weighted by atomic mass is 10.1. The van der Waals surface area contributed by atoms with E-state index in [1.807, 2.05) is 37.3 Å². The molecular weight excluding hydrogens is 328 g/mol. The number of urea groups is 1. The molecule has 2 aromatic rings. The van der Waals surface area contributed by atoms with Gasteiger partial charge in [0.05, 0.1) is 0 Å². The van der Waals surface area contributed by atoms with E-state index in [0.717, 1.165) is 49.6 Å². The van der Waals surface area contributed by atoms with Crippen LogP contribution in [-0.2, 0) is 6.42 Å². The van der Waals surface area contributed by atoms with Crippen LogP contribution in [0.25, 0.3) is 11.4 Å². The van der Waals surface area contributed by atoms with Gasteiger partial charge in [-0.15, -0.1) is 6.58 Å². The Morgan fingerprint density at radius 3 is 3.15 bits per heavy atom. The van der Waals surface area contributed by atoms with Crippen molar-refractivity contribution in [2.75, 3.05) is 31.5 Å². The second-order valence-corrected chi connectivity index (χ2v) is 6.58. The lowest BCUT2D eigenvalue weighted by Gasteiger charge is -2.14. The number of H-pyrrole nitrogens is 1. The highest BCUT2D eigenvalue weighted by atomic mass is 16.2. The van der Waals surface area contributed by atoms with Crippen molar-refractivity contribution in [2.24, 2.45) is 5.92 Å². The number of likely N-dealkylation sites (tertiary alicyclic amines) is 1. The van der Waals surface area contributed by atoms with E-state index >= 15 is 0 Å². The number of aromatic amines is 1. The van der Waals surface area contributed by atoms with Gasteiger partial charge in [-0.2, -0.15) is 5.10 Å². The molecule has 138 valence electrons. The highest BCUT2D eigenvalue weighted by Crippen LogP contribution is 2.19. The quantitative estimate of drug-likeness (QED) is 0.667. The maximum Gasteiger partial charge on any atom is 0.319 e. The number of amides is 2. The number of anilines is 1. The molecule has 2 heterocycles. The minimum absolute atomic E-state index is 0.187. The summed E-state index contributed by atoms with van der Waals surface area (Å²) in [6, 6.07) is 7.37. The van der Waals surface area contributed by atoms with Gasteiger partial charge in [-0.25, -0.2) is 9.78 Å². The molecule has 0 spiro atoms. The number of carbonyl (C=O) groups is 1. The van der Waals surface area contributed by atoms with Crippen LogP contribution in [0.5, 0.6) is 0 Å². The molecule has 0 aliphatic carbocycles. The normalized spacial score (nSPS) is 17.2. The number of hydrogen-bond donors (Lipinski definition) is 3. The largest absolute Gasteiger partial charge is 0.338 e. The van der Waals surface area contributed by atoms with Crippen LogP contribution < -0.4 is 10.6 Å². The average molecular weight is 354 g/mol. The molecule has 0 saturated carbocycles. The van der Waals surface area contributed by atoms with Gasteiger partial charge in [0.15, 0.2) is 5.82 Å². The first-order valence-corrected chi connectivity index (χ1v) is 9.07. The van der Waals surface area contributed by atoms with Crippen molar-refractivity contribution in [1.82, 2.24) is 25.4 Å². The number of rotatable bonds is 7. The lowest BCUT2D eigenvalue weighted by Crippen LogP contribution is -2.34. The third-order valence-electron chi connectivity index (χ3n) is 4.55. The molecule has 1 atom stereocenters. The average Bonchev–Trinajstić information content (AvgIpc) is 3.30. The van der Waals surface area contributed by atoms with E-state index in [1.54, 1.807) is 0 Å². The van der Waals surface area contributed by atoms with Gasteiger partial charge in [0.25, 0.3) is 0 Å². The van der Waals surface area contributed by atoms with Gasteiger partial charge < -0.3 is 10.6 Å². The SMILES string of the molecule is C=CCN1CCC(CNC(=O)Nc2cccc(-c3n[nH]c(CC)n3)c2)C1. The molecule has 26 heavy (non-hydrogen) atoms. The van der Waals surface area contributed by atoms with E-state index in [2.05, 4.69) is 37.3 Å². The number of aromatic nitrogens is 3. The Bertz CT molecular complexity index is 756. The van der Waals surface area contributed by atoms with Crippen LogP contribution in [0, 0.1) is 5.92 Å². The Labute approximate surface area is 153 Å². The summed E-state index contributed by atoms with van der Waals surface area (Å²) in [6.07, 6.45) is 3.83.